The van der Waals surface area contributed by atoms with Gasteiger partial charge in [0, 0.05) is 24.7 Å². The van der Waals surface area contributed by atoms with E-state index in [-0.39, 0.29) is 11.8 Å². The van der Waals surface area contributed by atoms with Crippen LogP contribution < -0.4 is 5.32 Å². The van der Waals surface area contributed by atoms with Crippen LogP contribution in [0.15, 0.2) is 42.1 Å². The standard InChI is InChI=1S/C24H32N2O2/c27-22-15-17-24(23(28)25-18-8-11-19-9-2-1-3-10-19)16-7-6-14-21(24)26(22)20-12-4-5-13-20/h1-3,9-10,14,20H,4-8,11-13,15-18H2,(H,25,28). The van der Waals surface area contributed by atoms with Crippen LogP contribution in [0.25, 0.3) is 0 Å². The van der Waals surface area contributed by atoms with E-state index < -0.39 is 5.41 Å². The molecule has 0 aromatic heterocycles. The molecule has 1 aliphatic heterocycles. The number of allylic oxidation sites excluding steroid dienone is 1. The molecule has 4 nitrogen and oxygen atoms in total. The summed E-state index contributed by atoms with van der Waals surface area (Å²) in [4.78, 5) is 28.2. The van der Waals surface area contributed by atoms with Crippen LogP contribution in [0.5, 0.6) is 0 Å². The maximum atomic E-state index is 13.3. The van der Waals surface area contributed by atoms with E-state index in [9.17, 15) is 9.59 Å². The summed E-state index contributed by atoms with van der Waals surface area (Å²) in [5, 5.41) is 3.22. The summed E-state index contributed by atoms with van der Waals surface area (Å²) in [6, 6.07) is 10.7. The monoisotopic (exact) mass is 380 g/mol. The van der Waals surface area contributed by atoms with Crippen LogP contribution in [0.2, 0.25) is 0 Å². The van der Waals surface area contributed by atoms with Crippen LogP contribution in [-0.2, 0) is 16.0 Å². The Bertz CT molecular complexity index is 736. The molecule has 1 saturated carbocycles. The molecule has 1 saturated heterocycles. The van der Waals surface area contributed by atoms with Crippen molar-refractivity contribution in [3.63, 3.8) is 0 Å². The molecule has 4 rings (SSSR count). The second-order valence-corrected chi connectivity index (χ2v) is 8.61. The molecule has 2 fully saturated rings. The number of carbonyl (C=O) groups excluding carboxylic acids is 2. The lowest BCUT2D eigenvalue weighted by atomic mass is 9.68. The molecule has 0 radical (unpaired) electrons. The van der Waals surface area contributed by atoms with E-state index in [0.717, 1.165) is 50.6 Å². The first-order valence-electron chi connectivity index (χ1n) is 11.1. The Kier molecular flexibility index (Phi) is 5.84. The first-order chi connectivity index (χ1) is 13.7. The second-order valence-electron chi connectivity index (χ2n) is 8.61. The predicted octanol–water partition coefficient (Wildman–Crippen LogP) is 4.35. The number of carbonyl (C=O) groups is 2. The summed E-state index contributed by atoms with van der Waals surface area (Å²) in [6.07, 6.45) is 12.7. The zero-order valence-corrected chi connectivity index (χ0v) is 16.8. The van der Waals surface area contributed by atoms with Gasteiger partial charge in [-0.15, -0.1) is 0 Å². The number of rotatable bonds is 6. The van der Waals surface area contributed by atoms with Gasteiger partial charge in [-0.05, 0) is 56.9 Å². The summed E-state index contributed by atoms with van der Waals surface area (Å²) >= 11 is 0. The van der Waals surface area contributed by atoms with Crippen LogP contribution in [0, 0.1) is 5.41 Å². The Morgan fingerprint density at radius 2 is 1.89 bits per heavy atom. The lowest BCUT2D eigenvalue weighted by molar-refractivity contribution is -0.142. The van der Waals surface area contributed by atoms with Crippen molar-refractivity contribution in [2.24, 2.45) is 5.41 Å². The van der Waals surface area contributed by atoms with Gasteiger partial charge in [-0.25, -0.2) is 0 Å². The molecule has 1 aromatic carbocycles. The lowest BCUT2D eigenvalue weighted by Crippen LogP contribution is -2.55. The number of aryl methyl sites for hydroxylation is 1. The SMILES string of the molecule is O=C1CCC2(C(=O)NCCCc3ccccc3)CCCC=C2N1C1CCCC1. The van der Waals surface area contributed by atoms with E-state index in [4.69, 9.17) is 0 Å². The topological polar surface area (TPSA) is 49.4 Å². The Labute approximate surface area is 168 Å². The van der Waals surface area contributed by atoms with Gasteiger partial charge in [0.05, 0.1) is 5.41 Å². The van der Waals surface area contributed by atoms with Crippen LogP contribution in [0.4, 0.5) is 0 Å². The molecule has 1 N–H and O–H groups in total. The Hall–Kier alpha value is -2.10. The number of hydrogen-bond donors (Lipinski definition) is 1. The maximum absolute atomic E-state index is 13.3. The van der Waals surface area contributed by atoms with Gasteiger partial charge in [-0.1, -0.05) is 49.2 Å². The number of likely N-dealkylation sites (tertiary alicyclic amines) is 1. The van der Waals surface area contributed by atoms with Crippen molar-refractivity contribution >= 4 is 11.8 Å². The van der Waals surface area contributed by atoms with Gasteiger partial charge in [-0.2, -0.15) is 0 Å². The number of nitrogens with one attached hydrogen (secondary N) is 1. The van der Waals surface area contributed by atoms with E-state index in [0.29, 0.717) is 25.4 Å². The highest BCUT2D eigenvalue weighted by Gasteiger charge is 2.51. The molecule has 4 heteroatoms. The van der Waals surface area contributed by atoms with E-state index in [1.54, 1.807) is 0 Å². The van der Waals surface area contributed by atoms with E-state index in [2.05, 4.69) is 35.7 Å². The van der Waals surface area contributed by atoms with Crippen molar-refractivity contribution in [3.05, 3.63) is 47.7 Å². The van der Waals surface area contributed by atoms with Gasteiger partial charge < -0.3 is 10.2 Å². The fraction of sp³-hybridized carbons (Fsp3) is 0.583. The van der Waals surface area contributed by atoms with Crippen LogP contribution in [0.3, 0.4) is 0 Å². The molecule has 1 unspecified atom stereocenters. The van der Waals surface area contributed by atoms with Gasteiger partial charge in [0.25, 0.3) is 0 Å². The van der Waals surface area contributed by atoms with Gasteiger partial charge in [0.1, 0.15) is 0 Å². The molecular weight excluding hydrogens is 348 g/mol. The van der Waals surface area contributed by atoms with Gasteiger partial charge in [0.15, 0.2) is 0 Å². The average Bonchev–Trinajstić information content (AvgIpc) is 3.26. The van der Waals surface area contributed by atoms with Crippen molar-refractivity contribution in [1.82, 2.24) is 10.2 Å². The normalized spacial score (nSPS) is 25.4. The molecule has 1 aromatic rings. The van der Waals surface area contributed by atoms with Gasteiger partial charge >= 0.3 is 0 Å². The number of nitrogens with zero attached hydrogens (tertiary/aromatic N) is 1. The fourth-order valence-electron chi connectivity index (χ4n) is 5.34. The van der Waals surface area contributed by atoms with Crippen molar-refractivity contribution in [2.75, 3.05) is 6.54 Å². The highest BCUT2D eigenvalue weighted by atomic mass is 16.2. The van der Waals surface area contributed by atoms with Crippen molar-refractivity contribution in [2.45, 2.75) is 76.7 Å². The number of piperidine rings is 1. The van der Waals surface area contributed by atoms with Crippen molar-refractivity contribution < 1.29 is 9.59 Å². The fourth-order valence-corrected chi connectivity index (χ4v) is 5.34. The third-order valence-corrected chi connectivity index (χ3v) is 6.82. The van der Waals surface area contributed by atoms with Crippen molar-refractivity contribution in [3.8, 4) is 0 Å². The Balaban J connectivity index is 1.43. The zero-order valence-electron chi connectivity index (χ0n) is 16.8. The molecule has 0 spiro atoms. The smallest absolute Gasteiger partial charge is 0.232 e. The minimum atomic E-state index is -0.485. The quantitative estimate of drug-likeness (QED) is 0.746. The highest BCUT2D eigenvalue weighted by Crippen LogP contribution is 2.48. The Morgan fingerprint density at radius 1 is 1.11 bits per heavy atom. The van der Waals surface area contributed by atoms with E-state index in [1.165, 1.54) is 18.4 Å². The predicted molar refractivity (Wildman–Crippen MR) is 110 cm³/mol. The first-order valence-corrected chi connectivity index (χ1v) is 11.1. The summed E-state index contributed by atoms with van der Waals surface area (Å²) in [5.74, 6) is 0.370. The Morgan fingerprint density at radius 3 is 2.68 bits per heavy atom. The minimum absolute atomic E-state index is 0.141. The number of fused-ring (bicyclic) bond motifs is 1. The number of hydrogen-bond acceptors (Lipinski definition) is 2. The molecule has 1 atom stereocenters. The highest BCUT2D eigenvalue weighted by molar-refractivity contribution is 5.91. The summed E-state index contributed by atoms with van der Waals surface area (Å²) in [5.41, 5.74) is 1.85. The molecule has 0 bridgehead atoms. The zero-order chi connectivity index (χ0) is 19.4. The molecule has 2 amide bonds. The summed E-state index contributed by atoms with van der Waals surface area (Å²) in [7, 11) is 0. The van der Waals surface area contributed by atoms with Crippen LogP contribution >= 0.6 is 0 Å². The van der Waals surface area contributed by atoms with Gasteiger partial charge in [0.2, 0.25) is 11.8 Å². The lowest BCUT2D eigenvalue weighted by Gasteiger charge is -2.48. The average molecular weight is 381 g/mol. The summed E-state index contributed by atoms with van der Waals surface area (Å²) in [6.45, 7) is 0.695. The third kappa shape index (κ3) is 3.74. The first kappa shape index (κ1) is 19.2. The van der Waals surface area contributed by atoms with Crippen LogP contribution in [-0.4, -0.2) is 29.3 Å². The van der Waals surface area contributed by atoms with E-state index >= 15 is 0 Å². The van der Waals surface area contributed by atoms with Crippen LogP contribution in [0.1, 0.15) is 69.8 Å². The third-order valence-electron chi connectivity index (χ3n) is 6.82. The molecule has 3 aliphatic rings. The second kappa shape index (κ2) is 8.50. The molecule has 150 valence electrons. The van der Waals surface area contributed by atoms with Crippen molar-refractivity contribution in [1.29, 1.82) is 0 Å². The largest absolute Gasteiger partial charge is 0.355 e. The molecule has 2 aliphatic carbocycles. The summed E-state index contributed by atoms with van der Waals surface area (Å²) < 4.78 is 0. The number of benzene rings is 1. The maximum Gasteiger partial charge on any atom is 0.232 e. The molecule has 1 heterocycles. The molecule has 28 heavy (non-hydrogen) atoms. The minimum Gasteiger partial charge on any atom is -0.355 e. The van der Waals surface area contributed by atoms with E-state index in [1.807, 2.05) is 11.0 Å². The molecular formula is C24H32N2O2. The number of amides is 2. The van der Waals surface area contributed by atoms with Gasteiger partial charge in [-0.3, -0.25) is 9.59 Å².